The van der Waals surface area contributed by atoms with Crippen LogP contribution in [-0.4, -0.2) is 25.1 Å². The largest absolute Gasteiger partial charge is 0.364 e. The zero-order valence-corrected chi connectivity index (χ0v) is 11.7. The van der Waals surface area contributed by atoms with Crippen molar-refractivity contribution in [2.75, 3.05) is 5.32 Å². The summed E-state index contributed by atoms with van der Waals surface area (Å²) in [7, 11) is 0. The van der Waals surface area contributed by atoms with Crippen LogP contribution >= 0.6 is 0 Å². The number of aromatic nitrogens is 5. The topological polar surface area (TPSA) is 113 Å². The molecule has 0 aliphatic rings. The maximum atomic E-state index is 8.79. The Kier molecular flexibility index (Phi) is 3.70. The Balaban J connectivity index is 1.67. The number of nitrogens with zero attached hydrogens (tertiary/aromatic N) is 6. The maximum Gasteiger partial charge on any atom is 0.223 e. The molecular weight excluding hydrogens is 282 g/mol. The van der Waals surface area contributed by atoms with Gasteiger partial charge in [0.25, 0.3) is 0 Å². The minimum absolute atomic E-state index is 0.313. The fourth-order valence-electron chi connectivity index (χ4n) is 1.77. The molecule has 0 spiro atoms. The summed E-state index contributed by atoms with van der Waals surface area (Å²) in [6, 6.07) is 7.28. The number of hydrogen-bond donors (Lipinski definition) is 1. The van der Waals surface area contributed by atoms with Crippen LogP contribution in [0.5, 0.6) is 0 Å². The van der Waals surface area contributed by atoms with Crippen LogP contribution in [0.1, 0.15) is 17.3 Å². The Labute approximate surface area is 125 Å². The van der Waals surface area contributed by atoms with Gasteiger partial charge in [0.05, 0.1) is 12.2 Å². The van der Waals surface area contributed by atoms with Gasteiger partial charge in [0.2, 0.25) is 11.7 Å². The van der Waals surface area contributed by atoms with Crippen molar-refractivity contribution in [2.24, 2.45) is 0 Å². The van der Waals surface area contributed by atoms with Crippen molar-refractivity contribution in [3.05, 3.63) is 48.0 Å². The predicted octanol–water partition coefficient (Wildman–Crippen LogP) is 1.71. The molecule has 0 atom stereocenters. The lowest BCUT2D eigenvalue weighted by Crippen LogP contribution is -2.04. The predicted molar refractivity (Wildman–Crippen MR) is 76.3 cm³/mol. The molecule has 0 radical (unpaired) electrons. The molecule has 1 N–H and O–H groups in total. The maximum absolute atomic E-state index is 8.79. The van der Waals surface area contributed by atoms with Gasteiger partial charge < -0.3 is 9.84 Å². The molecule has 0 fully saturated rings. The Morgan fingerprint density at radius 2 is 2.18 bits per heavy atom. The molecule has 3 rings (SSSR count). The molecule has 0 saturated carbocycles. The second kappa shape index (κ2) is 5.97. The van der Waals surface area contributed by atoms with Gasteiger partial charge in [0, 0.05) is 24.8 Å². The van der Waals surface area contributed by atoms with E-state index >= 15 is 0 Å². The van der Waals surface area contributed by atoms with Crippen LogP contribution in [0.25, 0.3) is 11.4 Å². The van der Waals surface area contributed by atoms with Crippen LogP contribution in [0.4, 0.5) is 5.82 Å². The molecule has 3 heterocycles. The van der Waals surface area contributed by atoms with Gasteiger partial charge in [-0.3, -0.25) is 4.98 Å². The molecule has 0 saturated heterocycles. The zero-order valence-electron chi connectivity index (χ0n) is 11.7. The molecular formula is C14H11N7O. The van der Waals surface area contributed by atoms with Gasteiger partial charge in [-0.1, -0.05) is 5.16 Å². The molecule has 0 aliphatic carbocycles. The number of aryl methyl sites for hydroxylation is 1. The van der Waals surface area contributed by atoms with Crippen LogP contribution in [0, 0.1) is 18.3 Å². The number of nitriles is 1. The monoisotopic (exact) mass is 293 g/mol. The smallest absolute Gasteiger partial charge is 0.223 e. The Morgan fingerprint density at radius 3 is 2.86 bits per heavy atom. The Hall–Kier alpha value is -3.34. The Morgan fingerprint density at radius 1 is 1.27 bits per heavy atom. The van der Waals surface area contributed by atoms with Crippen molar-refractivity contribution < 1.29 is 4.52 Å². The lowest BCUT2D eigenvalue weighted by Gasteiger charge is -2.05. The second-order valence-corrected chi connectivity index (χ2v) is 4.43. The average molecular weight is 293 g/mol. The first kappa shape index (κ1) is 13.6. The van der Waals surface area contributed by atoms with E-state index in [0.29, 0.717) is 29.8 Å². The lowest BCUT2D eigenvalue weighted by atomic mass is 10.2. The highest BCUT2D eigenvalue weighted by molar-refractivity contribution is 5.52. The van der Waals surface area contributed by atoms with E-state index in [9.17, 15) is 0 Å². The van der Waals surface area contributed by atoms with E-state index in [1.54, 1.807) is 19.2 Å². The van der Waals surface area contributed by atoms with Gasteiger partial charge in [-0.2, -0.15) is 10.2 Å². The molecule has 0 bridgehead atoms. The summed E-state index contributed by atoms with van der Waals surface area (Å²) in [6.45, 7) is 2.22. The number of pyridine rings is 1. The molecule has 3 aromatic rings. The Bertz CT molecular complexity index is 820. The van der Waals surface area contributed by atoms with E-state index < -0.39 is 0 Å². The molecule has 3 aromatic heterocycles. The number of hydrogen-bond acceptors (Lipinski definition) is 8. The summed E-state index contributed by atoms with van der Waals surface area (Å²) in [5, 5.41) is 15.7. The van der Waals surface area contributed by atoms with Gasteiger partial charge in [0.15, 0.2) is 0 Å². The number of nitrogens with one attached hydrogen (secondary N) is 1. The summed E-state index contributed by atoms with van der Waals surface area (Å²) in [4.78, 5) is 16.3. The summed E-state index contributed by atoms with van der Waals surface area (Å²) >= 11 is 0. The lowest BCUT2D eigenvalue weighted by molar-refractivity contribution is 0.394. The van der Waals surface area contributed by atoms with Gasteiger partial charge >= 0.3 is 0 Å². The van der Waals surface area contributed by atoms with Crippen molar-refractivity contribution in [1.82, 2.24) is 25.1 Å². The van der Waals surface area contributed by atoms with Crippen molar-refractivity contribution in [3.63, 3.8) is 0 Å². The normalized spacial score (nSPS) is 10.2. The van der Waals surface area contributed by atoms with Crippen LogP contribution in [0.15, 0.2) is 35.2 Å². The highest BCUT2D eigenvalue weighted by atomic mass is 16.5. The molecule has 8 heteroatoms. The quantitative estimate of drug-likeness (QED) is 0.773. The van der Waals surface area contributed by atoms with Crippen molar-refractivity contribution in [3.8, 4) is 17.5 Å². The van der Waals surface area contributed by atoms with Gasteiger partial charge in [-0.25, -0.2) is 9.97 Å². The number of rotatable bonds is 4. The van der Waals surface area contributed by atoms with E-state index in [1.165, 1.54) is 6.33 Å². The molecule has 0 unspecified atom stereocenters. The highest BCUT2D eigenvalue weighted by Gasteiger charge is 2.06. The van der Waals surface area contributed by atoms with Crippen LogP contribution in [0.2, 0.25) is 0 Å². The van der Waals surface area contributed by atoms with E-state index in [4.69, 9.17) is 9.78 Å². The zero-order chi connectivity index (χ0) is 15.4. The highest BCUT2D eigenvalue weighted by Crippen LogP contribution is 2.15. The average Bonchev–Trinajstić information content (AvgIpc) is 3.00. The van der Waals surface area contributed by atoms with Crippen molar-refractivity contribution in [2.45, 2.75) is 13.5 Å². The van der Waals surface area contributed by atoms with Crippen LogP contribution < -0.4 is 5.32 Å². The molecule has 0 amide bonds. The first-order chi connectivity index (χ1) is 10.7. The van der Waals surface area contributed by atoms with E-state index in [2.05, 4.69) is 30.4 Å². The minimum Gasteiger partial charge on any atom is -0.364 e. The summed E-state index contributed by atoms with van der Waals surface area (Å²) in [5.41, 5.74) is 1.92. The first-order valence-corrected chi connectivity index (χ1v) is 6.46. The van der Waals surface area contributed by atoms with Crippen LogP contribution in [0.3, 0.4) is 0 Å². The molecule has 108 valence electrons. The SMILES string of the molecule is Cc1nc(-c2ccc(CNc3cc(C#N)ncn3)nc2)no1. The molecule has 0 aromatic carbocycles. The third-order valence-corrected chi connectivity index (χ3v) is 2.84. The molecule has 0 aliphatic heterocycles. The summed E-state index contributed by atoms with van der Waals surface area (Å²) in [6.07, 6.45) is 3.03. The third kappa shape index (κ3) is 3.04. The fourth-order valence-corrected chi connectivity index (χ4v) is 1.77. The van der Waals surface area contributed by atoms with Gasteiger partial charge in [-0.15, -0.1) is 0 Å². The second-order valence-electron chi connectivity index (χ2n) is 4.43. The minimum atomic E-state index is 0.313. The van der Waals surface area contributed by atoms with E-state index in [0.717, 1.165) is 11.3 Å². The standard InChI is InChI=1S/C14H11N7O/c1-9-20-14(21-22-9)10-2-3-11(16-6-10)7-17-13-4-12(5-15)18-8-19-13/h2-4,6,8H,7H2,1H3,(H,17,18,19). The molecule has 8 nitrogen and oxygen atoms in total. The first-order valence-electron chi connectivity index (χ1n) is 6.46. The summed E-state index contributed by atoms with van der Waals surface area (Å²) < 4.78 is 4.93. The fraction of sp³-hybridized carbons (Fsp3) is 0.143. The van der Waals surface area contributed by atoms with Gasteiger partial charge in [0.1, 0.15) is 23.9 Å². The van der Waals surface area contributed by atoms with Crippen molar-refractivity contribution >= 4 is 5.82 Å². The summed E-state index contributed by atoms with van der Waals surface area (Å²) in [5.74, 6) is 1.60. The van der Waals surface area contributed by atoms with E-state index in [-0.39, 0.29) is 0 Å². The molecule has 22 heavy (non-hydrogen) atoms. The third-order valence-electron chi connectivity index (χ3n) is 2.84. The van der Waals surface area contributed by atoms with Crippen LogP contribution in [-0.2, 0) is 6.54 Å². The van der Waals surface area contributed by atoms with Gasteiger partial charge in [-0.05, 0) is 12.1 Å². The number of anilines is 1. The van der Waals surface area contributed by atoms with Crippen molar-refractivity contribution in [1.29, 1.82) is 5.26 Å². The van der Waals surface area contributed by atoms with E-state index in [1.807, 2.05) is 18.2 Å².